The molecule has 1 saturated heterocycles. The number of halogens is 1. The monoisotopic (exact) mass is 310 g/mol. The third-order valence-corrected chi connectivity index (χ3v) is 4.36. The van der Waals surface area contributed by atoms with E-state index in [1.54, 1.807) is 0 Å². The molecule has 0 aliphatic carbocycles. The third kappa shape index (κ3) is 2.51. The maximum atomic E-state index is 6.14. The van der Waals surface area contributed by atoms with Crippen LogP contribution in [0.3, 0.4) is 0 Å². The van der Waals surface area contributed by atoms with Gasteiger partial charge in [-0.1, -0.05) is 13.3 Å². The van der Waals surface area contributed by atoms with E-state index in [4.69, 9.17) is 16.6 Å². The Morgan fingerprint density at radius 3 is 2.48 bits per heavy atom. The summed E-state index contributed by atoms with van der Waals surface area (Å²) in [6.45, 7) is 6.25. The van der Waals surface area contributed by atoms with Crippen LogP contribution in [0.15, 0.2) is 0 Å². The highest BCUT2D eigenvalue weighted by atomic mass is 35.5. The Kier molecular flexibility index (Phi) is 4.08. The van der Waals surface area contributed by atoms with Gasteiger partial charge in [0, 0.05) is 33.2 Å². The zero-order chi connectivity index (χ0) is 15.0. The van der Waals surface area contributed by atoms with Crippen LogP contribution in [-0.4, -0.2) is 57.6 Å². The topological polar surface area (TPSA) is 42.1 Å². The fourth-order valence-corrected chi connectivity index (χ4v) is 3.17. The first-order valence-corrected chi connectivity index (χ1v) is 8.12. The van der Waals surface area contributed by atoms with E-state index in [0.29, 0.717) is 5.88 Å². The summed E-state index contributed by atoms with van der Waals surface area (Å²) in [4.78, 5) is 7.10. The summed E-state index contributed by atoms with van der Waals surface area (Å²) in [6.07, 6.45) is 2.03. The minimum absolute atomic E-state index is 0.423. The molecule has 116 valence electrons. The summed E-state index contributed by atoms with van der Waals surface area (Å²) in [5.41, 5.74) is 3.15. The lowest BCUT2D eigenvalue weighted by atomic mass is 10.2. The number of likely N-dealkylation sites (N-methyl/N-ethyl adjacent to an activating group) is 1. The minimum Gasteiger partial charge on any atom is -0.307 e. The molecule has 0 N–H and O–H groups in total. The Balaban J connectivity index is 2.07. The molecule has 0 radical (unpaired) electrons. The highest BCUT2D eigenvalue weighted by Crippen LogP contribution is 2.22. The number of fused-ring (bicyclic) bond motifs is 1. The molecule has 7 heteroatoms. The number of hydrogen-bond donors (Lipinski definition) is 0. The summed E-state index contributed by atoms with van der Waals surface area (Å²) in [5, 5.41) is 6.98. The summed E-state index contributed by atoms with van der Waals surface area (Å²) in [5.74, 6) is 1.34. The molecule has 6 nitrogen and oxygen atoms in total. The van der Waals surface area contributed by atoms with Gasteiger partial charge in [0.05, 0.1) is 11.6 Å². The highest BCUT2D eigenvalue weighted by molar-refractivity contribution is 6.16. The van der Waals surface area contributed by atoms with Crippen molar-refractivity contribution in [1.29, 1.82) is 0 Å². The first kappa shape index (κ1) is 14.7. The van der Waals surface area contributed by atoms with Crippen molar-refractivity contribution >= 4 is 22.8 Å². The van der Waals surface area contributed by atoms with Crippen molar-refractivity contribution in [3.8, 4) is 0 Å². The number of rotatable bonds is 4. The molecule has 1 aliphatic rings. The van der Waals surface area contributed by atoms with Gasteiger partial charge in [0.25, 0.3) is 0 Å². The molecule has 2 aromatic heterocycles. The highest BCUT2D eigenvalue weighted by Gasteiger charge is 2.24. The first-order chi connectivity index (χ1) is 10.2. The predicted molar refractivity (Wildman–Crippen MR) is 85.5 cm³/mol. The van der Waals surface area contributed by atoms with Crippen LogP contribution in [0.5, 0.6) is 0 Å². The number of aryl methyl sites for hydroxylation is 2. The van der Waals surface area contributed by atoms with Crippen molar-refractivity contribution in [3.63, 3.8) is 0 Å². The second kappa shape index (κ2) is 5.85. The average molecular weight is 311 g/mol. The van der Waals surface area contributed by atoms with Crippen molar-refractivity contribution < 1.29 is 0 Å². The average Bonchev–Trinajstić information content (AvgIpc) is 2.99. The van der Waals surface area contributed by atoms with Crippen LogP contribution in [0.25, 0.3) is 11.2 Å². The number of nitrogens with zero attached hydrogens (tertiary/aromatic N) is 6. The van der Waals surface area contributed by atoms with Gasteiger partial charge in [0.15, 0.2) is 5.65 Å². The molecular weight excluding hydrogens is 288 g/mol. The number of alkyl halides is 1. The maximum Gasteiger partial charge on any atom is 0.177 e. The van der Waals surface area contributed by atoms with Gasteiger partial charge in [-0.25, -0.2) is 14.3 Å². The lowest BCUT2D eigenvalue weighted by molar-refractivity contribution is 0.287. The fourth-order valence-electron chi connectivity index (χ4n) is 2.99. The molecule has 3 rings (SSSR count). The molecule has 0 atom stereocenters. The van der Waals surface area contributed by atoms with Crippen LogP contribution in [0.1, 0.15) is 24.9 Å². The predicted octanol–water partition coefficient (Wildman–Crippen LogP) is 1.34. The van der Waals surface area contributed by atoms with Crippen molar-refractivity contribution in [3.05, 3.63) is 11.5 Å². The Hall–Kier alpha value is -1.27. The van der Waals surface area contributed by atoms with Gasteiger partial charge >= 0.3 is 0 Å². The van der Waals surface area contributed by atoms with Gasteiger partial charge < -0.3 is 9.91 Å². The van der Waals surface area contributed by atoms with Gasteiger partial charge in [0.2, 0.25) is 0 Å². The largest absolute Gasteiger partial charge is 0.307 e. The van der Waals surface area contributed by atoms with Gasteiger partial charge in [-0.3, -0.25) is 0 Å². The molecule has 1 aliphatic heterocycles. The van der Waals surface area contributed by atoms with Crippen LogP contribution in [0, 0.1) is 0 Å². The van der Waals surface area contributed by atoms with E-state index < -0.39 is 0 Å². The van der Waals surface area contributed by atoms with E-state index in [1.807, 2.05) is 11.7 Å². The van der Waals surface area contributed by atoms with Crippen LogP contribution in [0.4, 0.5) is 0 Å². The SMILES string of the molecule is CCCc1nn(C)c2c1nc(CCl)n2N1CCN(C)CC1. The van der Waals surface area contributed by atoms with Crippen LogP contribution >= 0.6 is 11.6 Å². The van der Waals surface area contributed by atoms with Gasteiger partial charge in [-0.15, -0.1) is 11.6 Å². The Morgan fingerprint density at radius 2 is 1.86 bits per heavy atom. The molecule has 0 unspecified atom stereocenters. The van der Waals surface area contributed by atoms with Gasteiger partial charge in [-0.05, 0) is 13.5 Å². The molecule has 0 aromatic carbocycles. The molecule has 2 aromatic rings. The van der Waals surface area contributed by atoms with E-state index in [2.05, 4.69) is 33.7 Å². The van der Waals surface area contributed by atoms with Crippen molar-refractivity contribution in [2.45, 2.75) is 25.6 Å². The van der Waals surface area contributed by atoms with Gasteiger partial charge in [-0.2, -0.15) is 5.10 Å². The molecule has 0 saturated carbocycles. The summed E-state index contributed by atoms with van der Waals surface area (Å²) in [7, 11) is 4.15. The number of hydrogen-bond acceptors (Lipinski definition) is 4. The Morgan fingerprint density at radius 1 is 1.14 bits per heavy atom. The molecule has 0 spiro atoms. The summed E-state index contributed by atoms with van der Waals surface area (Å²) < 4.78 is 4.13. The molecule has 0 amide bonds. The number of imidazole rings is 1. The molecular formula is C14H23ClN6. The summed E-state index contributed by atoms with van der Waals surface area (Å²) in [6, 6.07) is 0. The number of piperazine rings is 1. The second-order valence-corrected chi connectivity index (χ2v) is 5.99. The maximum absolute atomic E-state index is 6.14. The molecule has 21 heavy (non-hydrogen) atoms. The molecule has 1 fully saturated rings. The zero-order valence-corrected chi connectivity index (χ0v) is 13.8. The van der Waals surface area contributed by atoms with Crippen molar-refractivity contribution in [1.82, 2.24) is 24.3 Å². The van der Waals surface area contributed by atoms with Crippen molar-refractivity contribution in [2.24, 2.45) is 7.05 Å². The van der Waals surface area contributed by atoms with Gasteiger partial charge in [0.1, 0.15) is 11.3 Å². The first-order valence-electron chi connectivity index (χ1n) is 7.58. The minimum atomic E-state index is 0.423. The van der Waals surface area contributed by atoms with Crippen LogP contribution in [0.2, 0.25) is 0 Å². The van der Waals surface area contributed by atoms with Crippen LogP contribution < -0.4 is 5.01 Å². The standard InChI is InChI=1S/C14H23ClN6/c1-4-5-11-13-14(19(3)17-11)21(12(10-15)16-13)20-8-6-18(2)7-9-20/h4-10H2,1-3H3. The smallest absolute Gasteiger partial charge is 0.177 e. The van der Waals surface area contributed by atoms with E-state index >= 15 is 0 Å². The lowest BCUT2D eigenvalue weighted by Crippen LogP contribution is -2.50. The Labute approximate surface area is 130 Å². The Bertz CT molecular complexity index is 623. The molecule has 0 bridgehead atoms. The van der Waals surface area contributed by atoms with E-state index in [9.17, 15) is 0 Å². The zero-order valence-electron chi connectivity index (χ0n) is 13.0. The number of aromatic nitrogens is 4. The summed E-state index contributed by atoms with van der Waals surface area (Å²) >= 11 is 6.14. The lowest BCUT2D eigenvalue weighted by Gasteiger charge is -2.35. The van der Waals surface area contributed by atoms with E-state index in [0.717, 1.165) is 61.7 Å². The third-order valence-electron chi connectivity index (χ3n) is 4.12. The van der Waals surface area contributed by atoms with Crippen molar-refractivity contribution in [2.75, 3.05) is 38.2 Å². The fraction of sp³-hybridized carbons (Fsp3) is 0.714. The van der Waals surface area contributed by atoms with E-state index in [-0.39, 0.29) is 0 Å². The molecule has 3 heterocycles. The second-order valence-electron chi connectivity index (χ2n) is 5.72. The quantitative estimate of drug-likeness (QED) is 0.799. The van der Waals surface area contributed by atoms with Crippen LogP contribution in [-0.2, 0) is 19.3 Å². The normalized spacial score (nSPS) is 17.0. The van der Waals surface area contributed by atoms with E-state index in [1.165, 1.54) is 0 Å².